The molecule has 2 aliphatic rings. The molecule has 19 heavy (non-hydrogen) atoms. The van der Waals surface area contributed by atoms with Gasteiger partial charge in [0.1, 0.15) is 0 Å². The van der Waals surface area contributed by atoms with Crippen molar-refractivity contribution < 1.29 is 9.90 Å². The summed E-state index contributed by atoms with van der Waals surface area (Å²) in [6, 6.07) is 8.00. The highest BCUT2D eigenvalue weighted by Gasteiger charge is 2.25. The van der Waals surface area contributed by atoms with Crippen molar-refractivity contribution in [1.82, 2.24) is 10.3 Å². The number of hydrogen-bond acceptors (Lipinski definition) is 4. The number of hydrogen-bond donors (Lipinski definition) is 2. The number of carboxylic acid groups (broad SMARTS) is 1. The lowest BCUT2D eigenvalue weighted by Crippen LogP contribution is -2.51. The zero-order valence-corrected chi connectivity index (χ0v) is 10.7. The van der Waals surface area contributed by atoms with Crippen molar-refractivity contribution in [3.8, 4) is 0 Å². The van der Waals surface area contributed by atoms with Gasteiger partial charge in [-0.15, -0.1) is 0 Å². The van der Waals surface area contributed by atoms with E-state index in [0.717, 1.165) is 37.4 Å². The highest BCUT2D eigenvalue weighted by Crippen LogP contribution is 2.30. The molecule has 0 saturated carbocycles. The molecule has 1 aromatic carbocycles. The quantitative estimate of drug-likeness (QED) is 0.824. The Balaban J connectivity index is 1.97. The van der Waals surface area contributed by atoms with E-state index in [2.05, 4.69) is 10.3 Å². The minimum Gasteiger partial charge on any atom is -0.478 e. The molecule has 5 heteroatoms. The van der Waals surface area contributed by atoms with Gasteiger partial charge in [-0.2, -0.15) is 0 Å². The summed E-state index contributed by atoms with van der Waals surface area (Å²) in [7, 11) is 0. The second-order valence-corrected chi connectivity index (χ2v) is 4.81. The monoisotopic (exact) mass is 259 g/mol. The van der Waals surface area contributed by atoms with Crippen LogP contribution in [0, 0.1) is 0 Å². The number of carbonyl (C=O) groups is 1. The van der Waals surface area contributed by atoms with E-state index in [1.165, 1.54) is 0 Å². The molecule has 0 radical (unpaired) electrons. The number of nitrogens with zero attached hydrogens (tertiary/aromatic N) is 2. The first-order chi connectivity index (χ1) is 9.25. The Kier molecular flexibility index (Phi) is 3.23. The third kappa shape index (κ3) is 2.34. The second kappa shape index (κ2) is 5.03. The predicted molar refractivity (Wildman–Crippen MR) is 72.8 cm³/mol. The van der Waals surface area contributed by atoms with Crippen molar-refractivity contribution in [1.29, 1.82) is 0 Å². The minimum absolute atomic E-state index is 0.442. The maximum absolute atomic E-state index is 11.3. The normalized spacial score (nSPS) is 19.8. The van der Waals surface area contributed by atoms with Crippen LogP contribution in [-0.4, -0.2) is 42.3 Å². The summed E-state index contributed by atoms with van der Waals surface area (Å²) in [6.45, 7) is 3.62. The van der Waals surface area contributed by atoms with E-state index >= 15 is 0 Å². The van der Waals surface area contributed by atoms with E-state index in [4.69, 9.17) is 0 Å². The molecule has 0 amide bonds. The minimum atomic E-state index is -0.838. The van der Waals surface area contributed by atoms with Crippen LogP contribution < -0.4 is 10.3 Å². The molecule has 0 aromatic heterocycles. The van der Waals surface area contributed by atoms with Gasteiger partial charge in [-0.1, -0.05) is 18.2 Å². The predicted octanol–water partition coefficient (Wildman–Crippen LogP) is 0.838. The van der Waals surface area contributed by atoms with Crippen molar-refractivity contribution in [2.45, 2.75) is 6.42 Å². The summed E-state index contributed by atoms with van der Waals surface area (Å²) >= 11 is 0. The highest BCUT2D eigenvalue weighted by molar-refractivity contribution is 5.89. The fraction of sp³-hybridized carbons (Fsp3) is 0.357. The number of carboxylic acids is 1. The van der Waals surface area contributed by atoms with E-state index in [9.17, 15) is 9.90 Å². The molecule has 0 unspecified atom stereocenters. The third-order valence-corrected chi connectivity index (χ3v) is 3.57. The second-order valence-electron chi connectivity index (χ2n) is 4.81. The SMILES string of the molecule is O=C(O)C1=CN(N2CCNCC2)c2ccccc2C1. The molecule has 1 fully saturated rings. The van der Waals surface area contributed by atoms with Crippen LogP contribution in [0.15, 0.2) is 36.0 Å². The molecule has 0 spiro atoms. The molecular formula is C14H17N3O2. The highest BCUT2D eigenvalue weighted by atomic mass is 16.4. The molecule has 2 heterocycles. The van der Waals surface area contributed by atoms with Crippen molar-refractivity contribution in [3.63, 3.8) is 0 Å². The van der Waals surface area contributed by atoms with Gasteiger partial charge in [-0.05, 0) is 11.6 Å². The van der Waals surface area contributed by atoms with Crippen LogP contribution in [0.2, 0.25) is 0 Å². The molecular weight excluding hydrogens is 242 g/mol. The maximum atomic E-state index is 11.3. The number of anilines is 1. The Hall–Kier alpha value is -1.85. The van der Waals surface area contributed by atoms with E-state index in [-0.39, 0.29) is 0 Å². The molecule has 1 saturated heterocycles. The van der Waals surface area contributed by atoms with Crippen molar-refractivity contribution in [2.24, 2.45) is 0 Å². The first-order valence-corrected chi connectivity index (χ1v) is 6.52. The average molecular weight is 259 g/mol. The van der Waals surface area contributed by atoms with Crippen molar-refractivity contribution in [3.05, 3.63) is 41.6 Å². The summed E-state index contributed by atoms with van der Waals surface area (Å²) in [5.41, 5.74) is 2.60. The lowest BCUT2D eigenvalue weighted by atomic mass is 10.0. The van der Waals surface area contributed by atoms with Crippen LogP contribution in [0.1, 0.15) is 5.56 Å². The first-order valence-electron chi connectivity index (χ1n) is 6.52. The van der Waals surface area contributed by atoms with E-state index in [1.54, 1.807) is 6.20 Å². The van der Waals surface area contributed by atoms with E-state index in [1.807, 2.05) is 29.3 Å². The number of para-hydroxylation sites is 1. The van der Waals surface area contributed by atoms with Crippen LogP contribution in [0.5, 0.6) is 0 Å². The zero-order chi connectivity index (χ0) is 13.2. The first kappa shape index (κ1) is 12.2. The topological polar surface area (TPSA) is 55.8 Å². The molecule has 2 N–H and O–H groups in total. The zero-order valence-electron chi connectivity index (χ0n) is 10.7. The van der Waals surface area contributed by atoms with Gasteiger partial charge in [0.15, 0.2) is 0 Å². The fourth-order valence-corrected chi connectivity index (χ4v) is 2.59. The van der Waals surface area contributed by atoms with E-state index in [0.29, 0.717) is 12.0 Å². The summed E-state index contributed by atoms with van der Waals surface area (Å²) in [4.78, 5) is 11.3. The van der Waals surface area contributed by atoms with Gasteiger partial charge in [0.25, 0.3) is 0 Å². The Labute approximate surface area is 112 Å². The van der Waals surface area contributed by atoms with E-state index < -0.39 is 5.97 Å². The largest absolute Gasteiger partial charge is 0.478 e. The third-order valence-electron chi connectivity index (χ3n) is 3.57. The Morgan fingerprint density at radius 2 is 1.95 bits per heavy atom. The summed E-state index contributed by atoms with van der Waals surface area (Å²) in [5.74, 6) is -0.838. The smallest absolute Gasteiger partial charge is 0.333 e. The van der Waals surface area contributed by atoms with Crippen LogP contribution in [0.25, 0.3) is 0 Å². The van der Waals surface area contributed by atoms with Gasteiger partial charge in [0.2, 0.25) is 0 Å². The molecule has 1 aromatic rings. The van der Waals surface area contributed by atoms with Crippen LogP contribution in [0.3, 0.4) is 0 Å². The Morgan fingerprint density at radius 1 is 1.21 bits per heavy atom. The lowest BCUT2D eigenvalue weighted by Gasteiger charge is -2.40. The van der Waals surface area contributed by atoms with Crippen molar-refractivity contribution in [2.75, 3.05) is 31.2 Å². The number of piperazine rings is 1. The molecule has 100 valence electrons. The number of rotatable bonds is 2. The molecule has 3 rings (SSSR count). The van der Waals surface area contributed by atoms with Crippen LogP contribution in [0.4, 0.5) is 5.69 Å². The molecule has 2 aliphatic heterocycles. The van der Waals surface area contributed by atoms with Gasteiger partial charge in [0, 0.05) is 38.8 Å². The van der Waals surface area contributed by atoms with Gasteiger partial charge < -0.3 is 10.4 Å². The van der Waals surface area contributed by atoms with Gasteiger partial charge in [0.05, 0.1) is 11.3 Å². The number of nitrogens with one attached hydrogen (secondary N) is 1. The van der Waals surface area contributed by atoms with Gasteiger partial charge in [-0.25, -0.2) is 9.80 Å². The average Bonchev–Trinajstić information content (AvgIpc) is 2.47. The number of fused-ring (bicyclic) bond motifs is 1. The van der Waals surface area contributed by atoms with Gasteiger partial charge >= 0.3 is 5.97 Å². The standard InChI is InChI=1S/C14H17N3O2/c18-14(19)12-9-11-3-1-2-4-13(11)17(10-12)16-7-5-15-6-8-16/h1-4,10,15H,5-9H2,(H,18,19). The number of aliphatic carboxylic acids is 1. The summed E-state index contributed by atoms with van der Waals surface area (Å²) < 4.78 is 0. The van der Waals surface area contributed by atoms with Crippen LogP contribution >= 0.6 is 0 Å². The molecule has 0 aliphatic carbocycles. The molecule has 0 bridgehead atoms. The number of hydrazine groups is 1. The summed E-state index contributed by atoms with van der Waals surface area (Å²) in [6.07, 6.45) is 2.25. The molecule has 0 atom stereocenters. The summed E-state index contributed by atoms with van der Waals surface area (Å²) in [5, 5.41) is 16.8. The Morgan fingerprint density at radius 3 is 2.68 bits per heavy atom. The fourth-order valence-electron chi connectivity index (χ4n) is 2.59. The Bertz CT molecular complexity index is 521. The van der Waals surface area contributed by atoms with Crippen LogP contribution in [-0.2, 0) is 11.2 Å². The molecule has 5 nitrogen and oxygen atoms in total. The van der Waals surface area contributed by atoms with Gasteiger partial charge in [-0.3, -0.25) is 5.01 Å². The van der Waals surface area contributed by atoms with Crippen molar-refractivity contribution >= 4 is 11.7 Å². The maximum Gasteiger partial charge on any atom is 0.333 e. The lowest BCUT2D eigenvalue weighted by molar-refractivity contribution is -0.132. The number of benzene rings is 1.